The number of ether oxygens (including phenoxy) is 1. The molecule has 2 saturated carbocycles. The van der Waals surface area contributed by atoms with Crippen LogP contribution in [0.3, 0.4) is 0 Å². The molecule has 0 aliphatic heterocycles. The van der Waals surface area contributed by atoms with Gasteiger partial charge in [-0.1, -0.05) is 0 Å². The zero-order valence-corrected chi connectivity index (χ0v) is 9.62. The quantitative estimate of drug-likeness (QED) is 0.700. The highest BCUT2D eigenvalue weighted by Crippen LogP contribution is 2.42. The van der Waals surface area contributed by atoms with Crippen LogP contribution in [-0.4, -0.2) is 17.7 Å². The molecule has 0 radical (unpaired) electrons. The largest absolute Gasteiger partial charge is 0.373 e. The van der Waals surface area contributed by atoms with Crippen LogP contribution in [0.1, 0.15) is 46.5 Å². The average Bonchev–Trinajstić information content (AvgIpc) is 2.32. The van der Waals surface area contributed by atoms with Crippen LogP contribution in [0.4, 0.5) is 0 Å². The summed E-state index contributed by atoms with van der Waals surface area (Å²) in [6.45, 7) is 6.43. The summed E-state index contributed by atoms with van der Waals surface area (Å²) in [6, 6.07) is 0.467. The smallest absolute Gasteiger partial charge is 0.0602 e. The lowest BCUT2D eigenvalue weighted by molar-refractivity contribution is -0.0860. The van der Waals surface area contributed by atoms with Crippen LogP contribution in [0, 0.1) is 11.8 Å². The van der Waals surface area contributed by atoms with E-state index in [1.165, 1.54) is 25.7 Å². The Bertz CT molecular complexity index is 195. The number of hydrogen-bond donors (Lipinski definition) is 1. The summed E-state index contributed by atoms with van der Waals surface area (Å²) in [5.74, 6) is 1.47. The second-order valence-corrected chi connectivity index (χ2v) is 6.00. The molecule has 2 nitrogen and oxygen atoms in total. The van der Waals surface area contributed by atoms with Crippen molar-refractivity contribution in [3.63, 3.8) is 0 Å². The molecule has 82 valence electrons. The Morgan fingerprint density at radius 3 is 2.00 bits per heavy atom. The third-order valence-electron chi connectivity index (χ3n) is 3.65. The maximum atomic E-state index is 6.15. The van der Waals surface area contributed by atoms with Crippen LogP contribution < -0.4 is 5.73 Å². The van der Waals surface area contributed by atoms with E-state index < -0.39 is 0 Å². The predicted octanol–water partition coefficient (Wildman–Crippen LogP) is 2.32. The first-order chi connectivity index (χ1) is 6.46. The first-order valence-electron chi connectivity index (χ1n) is 5.89. The monoisotopic (exact) mass is 197 g/mol. The molecule has 0 aromatic carbocycles. The lowest BCUT2D eigenvalue weighted by Crippen LogP contribution is -2.42. The Hall–Kier alpha value is -0.0800. The van der Waals surface area contributed by atoms with E-state index >= 15 is 0 Å². The molecule has 4 atom stereocenters. The molecule has 1 unspecified atom stereocenters. The molecule has 2 aliphatic rings. The van der Waals surface area contributed by atoms with Gasteiger partial charge >= 0.3 is 0 Å². The minimum absolute atomic E-state index is 0.00550. The minimum atomic E-state index is 0.00550. The molecule has 2 rings (SSSR count). The van der Waals surface area contributed by atoms with Gasteiger partial charge in [0.05, 0.1) is 11.7 Å². The fourth-order valence-electron chi connectivity index (χ4n) is 3.12. The van der Waals surface area contributed by atoms with Gasteiger partial charge in [0.15, 0.2) is 0 Å². The maximum absolute atomic E-state index is 6.15. The van der Waals surface area contributed by atoms with Crippen molar-refractivity contribution < 1.29 is 4.74 Å². The van der Waals surface area contributed by atoms with Crippen molar-refractivity contribution >= 4 is 0 Å². The predicted molar refractivity (Wildman–Crippen MR) is 58.0 cm³/mol. The molecule has 0 heterocycles. The summed E-state index contributed by atoms with van der Waals surface area (Å²) in [4.78, 5) is 0. The van der Waals surface area contributed by atoms with Crippen LogP contribution in [0.5, 0.6) is 0 Å². The number of nitrogens with two attached hydrogens (primary N) is 1. The van der Waals surface area contributed by atoms with Crippen LogP contribution in [0.2, 0.25) is 0 Å². The summed E-state index contributed by atoms with van der Waals surface area (Å²) in [7, 11) is 0. The van der Waals surface area contributed by atoms with Crippen molar-refractivity contribution in [1.82, 2.24) is 0 Å². The molecule has 2 bridgehead atoms. The summed E-state index contributed by atoms with van der Waals surface area (Å²) >= 11 is 0. The van der Waals surface area contributed by atoms with Gasteiger partial charge in [0.25, 0.3) is 0 Å². The number of rotatable bonds is 1. The van der Waals surface area contributed by atoms with E-state index in [-0.39, 0.29) is 5.60 Å². The van der Waals surface area contributed by atoms with Crippen molar-refractivity contribution in [2.45, 2.75) is 64.2 Å². The molecule has 2 N–H and O–H groups in total. The van der Waals surface area contributed by atoms with Crippen molar-refractivity contribution in [2.24, 2.45) is 17.6 Å². The van der Waals surface area contributed by atoms with Gasteiger partial charge in [-0.05, 0) is 58.3 Å². The van der Waals surface area contributed by atoms with E-state index in [0.717, 1.165) is 11.8 Å². The van der Waals surface area contributed by atoms with Gasteiger partial charge in [0.1, 0.15) is 0 Å². The molecular weight excluding hydrogens is 174 g/mol. The molecule has 0 aromatic rings. The molecule has 2 heteroatoms. The zero-order valence-electron chi connectivity index (χ0n) is 9.62. The first kappa shape index (κ1) is 10.4. The molecule has 0 saturated heterocycles. The third kappa shape index (κ3) is 2.12. The van der Waals surface area contributed by atoms with Crippen molar-refractivity contribution in [1.29, 1.82) is 0 Å². The molecule has 2 fully saturated rings. The Labute approximate surface area is 87.2 Å². The first-order valence-corrected chi connectivity index (χ1v) is 5.89. The van der Waals surface area contributed by atoms with Gasteiger partial charge in [0.2, 0.25) is 0 Å². The summed E-state index contributed by atoms with van der Waals surface area (Å²) in [6.07, 6.45) is 5.50. The third-order valence-corrected chi connectivity index (χ3v) is 3.65. The van der Waals surface area contributed by atoms with Gasteiger partial charge < -0.3 is 10.5 Å². The summed E-state index contributed by atoms with van der Waals surface area (Å²) in [5, 5.41) is 0. The van der Waals surface area contributed by atoms with E-state index in [9.17, 15) is 0 Å². The maximum Gasteiger partial charge on any atom is 0.0602 e. The lowest BCUT2D eigenvalue weighted by Gasteiger charge is -2.36. The molecule has 14 heavy (non-hydrogen) atoms. The van der Waals surface area contributed by atoms with Gasteiger partial charge in [0, 0.05) is 6.04 Å². The van der Waals surface area contributed by atoms with Crippen LogP contribution in [0.25, 0.3) is 0 Å². The second kappa shape index (κ2) is 3.49. The molecular formula is C12H23NO. The SMILES string of the molecule is CC(C)(C)O[C@H]1C[C@H]2CC[C@@H](C1)C2N. The zero-order chi connectivity index (χ0) is 10.3. The Morgan fingerprint density at radius 1 is 1.07 bits per heavy atom. The van der Waals surface area contributed by atoms with E-state index in [1.54, 1.807) is 0 Å². The van der Waals surface area contributed by atoms with E-state index in [2.05, 4.69) is 20.8 Å². The van der Waals surface area contributed by atoms with Crippen molar-refractivity contribution in [3.05, 3.63) is 0 Å². The summed E-state index contributed by atoms with van der Waals surface area (Å²) < 4.78 is 6.05. The normalized spacial score (nSPS) is 42.9. The van der Waals surface area contributed by atoms with Gasteiger partial charge in [-0.15, -0.1) is 0 Å². The van der Waals surface area contributed by atoms with Crippen molar-refractivity contribution in [3.8, 4) is 0 Å². The fourth-order valence-corrected chi connectivity index (χ4v) is 3.12. The Kier molecular flexibility index (Phi) is 2.61. The Balaban J connectivity index is 1.93. The summed E-state index contributed by atoms with van der Waals surface area (Å²) in [5.41, 5.74) is 6.16. The van der Waals surface area contributed by atoms with Gasteiger partial charge in [-0.3, -0.25) is 0 Å². The minimum Gasteiger partial charge on any atom is -0.373 e. The van der Waals surface area contributed by atoms with Crippen LogP contribution >= 0.6 is 0 Å². The lowest BCUT2D eigenvalue weighted by atomic mass is 9.82. The van der Waals surface area contributed by atoms with Gasteiger partial charge in [-0.2, -0.15) is 0 Å². The molecule has 2 aliphatic carbocycles. The standard InChI is InChI=1S/C12H23NO/c1-12(2,3)14-10-6-8-4-5-9(7-10)11(8)13/h8-11H,4-7,13H2,1-3H3/t8-,9+,10+,11?. The second-order valence-electron chi connectivity index (χ2n) is 6.00. The highest BCUT2D eigenvalue weighted by molar-refractivity contribution is 4.95. The number of hydrogen-bond acceptors (Lipinski definition) is 2. The van der Waals surface area contributed by atoms with E-state index in [1.807, 2.05) is 0 Å². The van der Waals surface area contributed by atoms with Crippen molar-refractivity contribution in [2.75, 3.05) is 0 Å². The number of fused-ring (bicyclic) bond motifs is 2. The van der Waals surface area contributed by atoms with Crippen LogP contribution in [0.15, 0.2) is 0 Å². The van der Waals surface area contributed by atoms with E-state index in [0.29, 0.717) is 12.1 Å². The average molecular weight is 197 g/mol. The van der Waals surface area contributed by atoms with E-state index in [4.69, 9.17) is 10.5 Å². The molecule has 0 aromatic heterocycles. The Morgan fingerprint density at radius 2 is 1.57 bits per heavy atom. The molecule has 0 amide bonds. The topological polar surface area (TPSA) is 35.2 Å². The highest BCUT2D eigenvalue weighted by atomic mass is 16.5. The highest BCUT2D eigenvalue weighted by Gasteiger charge is 2.41. The molecule has 0 spiro atoms. The van der Waals surface area contributed by atoms with Crippen LogP contribution in [-0.2, 0) is 4.74 Å². The fraction of sp³-hybridized carbons (Fsp3) is 1.00. The van der Waals surface area contributed by atoms with Gasteiger partial charge in [-0.25, -0.2) is 0 Å².